The fourth-order valence-electron chi connectivity index (χ4n) is 4.56. The van der Waals surface area contributed by atoms with E-state index in [2.05, 4.69) is 34.4 Å². The molecule has 3 aliphatic rings. The minimum absolute atomic E-state index is 0. The van der Waals surface area contributed by atoms with E-state index in [0.29, 0.717) is 6.42 Å². The molecular weight excluding hydrogens is 441 g/mol. The molecule has 3 saturated heterocycles. The van der Waals surface area contributed by atoms with Gasteiger partial charge >= 0.3 is 0 Å². The molecule has 3 aliphatic heterocycles. The van der Waals surface area contributed by atoms with Crippen LogP contribution in [-0.4, -0.2) is 74.5 Å². The lowest BCUT2D eigenvalue weighted by atomic mass is 9.79. The molecule has 0 aromatic rings. The number of hydrogen-bond acceptors (Lipinski definition) is 3. The highest BCUT2D eigenvalue weighted by Crippen LogP contribution is 2.36. The lowest BCUT2D eigenvalue weighted by Crippen LogP contribution is -2.51. The van der Waals surface area contributed by atoms with E-state index in [0.717, 1.165) is 57.4 Å². The Balaban J connectivity index is 0.00000243. The first-order valence-corrected chi connectivity index (χ1v) is 10.1. The Morgan fingerprint density at radius 1 is 1.35 bits per heavy atom. The number of nitrogens with zero attached hydrogens (tertiary/aromatic N) is 3. The Hall–Kier alpha value is -0.570. The SMILES string of the molecule is CCNC(=NCCC1CCN(C)CC1)N1CCCC2(CNC(=O)C2)C1.I. The van der Waals surface area contributed by atoms with Gasteiger partial charge in [0.15, 0.2) is 5.96 Å². The van der Waals surface area contributed by atoms with E-state index < -0.39 is 0 Å². The highest BCUT2D eigenvalue weighted by atomic mass is 127. The number of guanidine groups is 1. The van der Waals surface area contributed by atoms with E-state index >= 15 is 0 Å². The van der Waals surface area contributed by atoms with Crippen molar-refractivity contribution in [3.63, 3.8) is 0 Å². The van der Waals surface area contributed by atoms with Crippen LogP contribution in [-0.2, 0) is 4.79 Å². The van der Waals surface area contributed by atoms with Crippen molar-refractivity contribution in [1.82, 2.24) is 20.4 Å². The summed E-state index contributed by atoms with van der Waals surface area (Å²) < 4.78 is 0. The van der Waals surface area contributed by atoms with E-state index in [1.807, 2.05) is 0 Å². The van der Waals surface area contributed by atoms with Crippen LogP contribution in [0.25, 0.3) is 0 Å². The van der Waals surface area contributed by atoms with Gasteiger partial charge in [0.2, 0.25) is 5.91 Å². The molecule has 1 spiro atoms. The van der Waals surface area contributed by atoms with Crippen LogP contribution in [0.5, 0.6) is 0 Å². The fourth-order valence-corrected chi connectivity index (χ4v) is 4.56. The van der Waals surface area contributed by atoms with Crippen LogP contribution in [0.3, 0.4) is 0 Å². The van der Waals surface area contributed by atoms with Gasteiger partial charge in [-0.05, 0) is 65.1 Å². The average molecular weight is 477 g/mol. The molecule has 1 amide bonds. The maximum atomic E-state index is 11.7. The van der Waals surface area contributed by atoms with Gasteiger partial charge in [0.05, 0.1) is 0 Å². The van der Waals surface area contributed by atoms with Gasteiger partial charge in [0.25, 0.3) is 0 Å². The summed E-state index contributed by atoms with van der Waals surface area (Å²) in [6.45, 7) is 9.23. The quantitative estimate of drug-likeness (QED) is 0.369. The summed E-state index contributed by atoms with van der Waals surface area (Å²) in [6.07, 6.45) is 6.79. The second-order valence-electron chi connectivity index (χ2n) is 8.25. The number of hydrogen-bond donors (Lipinski definition) is 2. The average Bonchev–Trinajstić information content (AvgIpc) is 2.96. The van der Waals surface area contributed by atoms with E-state index in [-0.39, 0.29) is 35.3 Å². The molecule has 0 aliphatic carbocycles. The van der Waals surface area contributed by atoms with Gasteiger partial charge in [-0.1, -0.05) is 0 Å². The molecule has 7 heteroatoms. The number of amides is 1. The zero-order valence-electron chi connectivity index (χ0n) is 16.4. The molecule has 0 radical (unpaired) electrons. The van der Waals surface area contributed by atoms with Crippen molar-refractivity contribution in [2.75, 3.05) is 52.9 Å². The molecule has 0 aromatic heterocycles. The zero-order valence-corrected chi connectivity index (χ0v) is 18.8. The second-order valence-corrected chi connectivity index (χ2v) is 8.25. The van der Waals surface area contributed by atoms with Gasteiger partial charge in [-0.25, -0.2) is 0 Å². The van der Waals surface area contributed by atoms with Crippen molar-refractivity contribution >= 4 is 35.8 Å². The predicted molar refractivity (Wildman–Crippen MR) is 117 cm³/mol. The molecule has 3 heterocycles. The number of likely N-dealkylation sites (tertiary alicyclic amines) is 2. The molecular formula is C19H36IN5O. The van der Waals surface area contributed by atoms with E-state index in [4.69, 9.17) is 4.99 Å². The smallest absolute Gasteiger partial charge is 0.220 e. The van der Waals surface area contributed by atoms with Crippen LogP contribution in [0.15, 0.2) is 4.99 Å². The first-order chi connectivity index (χ1) is 12.1. The first kappa shape index (κ1) is 21.7. The van der Waals surface area contributed by atoms with Crippen LogP contribution >= 0.6 is 24.0 Å². The third kappa shape index (κ3) is 5.71. The maximum Gasteiger partial charge on any atom is 0.220 e. The lowest BCUT2D eigenvalue weighted by Gasteiger charge is -2.40. The van der Waals surface area contributed by atoms with Crippen molar-refractivity contribution in [3.05, 3.63) is 0 Å². The van der Waals surface area contributed by atoms with Crippen LogP contribution < -0.4 is 10.6 Å². The molecule has 3 fully saturated rings. The number of rotatable bonds is 4. The molecule has 0 bridgehead atoms. The summed E-state index contributed by atoms with van der Waals surface area (Å²) in [7, 11) is 2.21. The largest absolute Gasteiger partial charge is 0.357 e. The summed E-state index contributed by atoms with van der Waals surface area (Å²) in [6, 6.07) is 0. The summed E-state index contributed by atoms with van der Waals surface area (Å²) in [5.41, 5.74) is 0.124. The molecule has 26 heavy (non-hydrogen) atoms. The molecule has 2 N–H and O–H groups in total. The van der Waals surface area contributed by atoms with Crippen LogP contribution in [0, 0.1) is 11.3 Å². The predicted octanol–water partition coefficient (Wildman–Crippen LogP) is 1.90. The maximum absolute atomic E-state index is 11.7. The standard InChI is InChI=1S/C19H35N5O.HI/c1-3-20-18(21-9-5-16-6-11-23(2)12-7-16)24-10-4-8-19(15-24)13-17(25)22-14-19;/h16H,3-15H2,1-2H3,(H,20,21)(H,22,25);1H. The van der Waals surface area contributed by atoms with Crippen molar-refractivity contribution in [2.24, 2.45) is 16.3 Å². The minimum atomic E-state index is 0. The number of nitrogens with one attached hydrogen (secondary N) is 2. The van der Waals surface area contributed by atoms with E-state index in [1.54, 1.807) is 0 Å². The number of halogens is 1. The van der Waals surface area contributed by atoms with Crippen molar-refractivity contribution in [1.29, 1.82) is 0 Å². The summed E-state index contributed by atoms with van der Waals surface area (Å²) in [5, 5.41) is 6.51. The Morgan fingerprint density at radius 2 is 2.12 bits per heavy atom. The van der Waals surface area contributed by atoms with Crippen molar-refractivity contribution < 1.29 is 4.79 Å². The Labute approximate surface area is 175 Å². The molecule has 150 valence electrons. The Kier molecular flexibility index (Phi) is 8.44. The molecule has 0 aromatic carbocycles. The fraction of sp³-hybridized carbons (Fsp3) is 0.895. The van der Waals surface area contributed by atoms with Gasteiger partial charge in [-0.3, -0.25) is 9.79 Å². The van der Waals surface area contributed by atoms with Gasteiger partial charge in [0.1, 0.15) is 0 Å². The van der Waals surface area contributed by atoms with Crippen LogP contribution in [0.1, 0.15) is 45.4 Å². The Morgan fingerprint density at radius 3 is 2.77 bits per heavy atom. The van der Waals surface area contributed by atoms with Crippen molar-refractivity contribution in [3.8, 4) is 0 Å². The number of carbonyl (C=O) groups excluding carboxylic acids is 1. The monoisotopic (exact) mass is 477 g/mol. The molecule has 0 saturated carbocycles. The first-order valence-electron chi connectivity index (χ1n) is 10.1. The number of piperidine rings is 2. The van der Waals surface area contributed by atoms with Gasteiger partial charge in [0, 0.05) is 44.6 Å². The molecule has 6 nitrogen and oxygen atoms in total. The van der Waals surface area contributed by atoms with Gasteiger partial charge in [-0.15, -0.1) is 24.0 Å². The normalized spacial score (nSPS) is 28.2. The third-order valence-electron chi connectivity index (χ3n) is 6.13. The number of aliphatic imine (C=N–C) groups is 1. The van der Waals surface area contributed by atoms with E-state index in [1.165, 1.54) is 32.4 Å². The Bertz CT molecular complexity index is 492. The highest BCUT2D eigenvalue weighted by molar-refractivity contribution is 14.0. The van der Waals surface area contributed by atoms with Gasteiger partial charge < -0.3 is 20.4 Å². The number of carbonyl (C=O) groups is 1. The van der Waals surface area contributed by atoms with Crippen LogP contribution in [0.4, 0.5) is 0 Å². The van der Waals surface area contributed by atoms with Crippen molar-refractivity contribution in [2.45, 2.75) is 45.4 Å². The summed E-state index contributed by atoms with van der Waals surface area (Å²) >= 11 is 0. The van der Waals surface area contributed by atoms with Gasteiger partial charge in [-0.2, -0.15) is 0 Å². The zero-order chi connectivity index (χ0) is 17.7. The second kappa shape index (κ2) is 10.1. The molecule has 1 atom stereocenters. The summed E-state index contributed by atoms with van der Waals surface area (Å²) in [5.74, 6) is 2.09. The highest BCUT2D eigenvalue weighted by Gasteiger charge is 2.42. The summed E-state index contributed by atoms with van der Waals surface area (Å²) in [4.78, 5) is 21.5. The molecule has 3 rings (SSSR count). The van der Waals surface area contributed by atoms with Crippen LogP contribution in [0.2, 0.25) is 0 Å². The molecule has 1 unspecified atom stereocenters. The minimum Gasteiger partial charge on any atom is -0.357 e. The van der Waals surface area contributed by atoms with E-state index in [9.17, 15) is 4.79 Å². The lowest BCUT2D eigenvalue weighted by molar-refractivity contribution is -0.119. The topological polar surface area (TPSA) is 60.0 Å². The third-order valence-corrected chi connectivity index (χ3v) is 6.13.